The number of hydrogen-bond acceptors (Lipinski definition) is 2. The molecule has 0 aliphatic carbocycles. The SMILES string of the molecule is CC(NC(=O)C(C)(N)C(F)(F)F)C(C)(C)C. The summed E-state index contributed by atoms with van der Waals surface area (Å²) < 4.78 is 37.3. The monoisotopic (exact) mass is 240 g/mol. The molecular weight excluding hydrogens is 221 g/mol. The predicted octanol–water partition coefficient (Wildman–Crippen LogP) is 1.82. The van der Waals surface area contributed by atoms with Gasteiger partial charge in [0.25, 0.3) is 0 Å². The number of nitrogens with two attached hydrogens (primary N) is 1. The Bertz CT molecular complexity index is 266. The van der Waals surface area contributed by atoms with Gasteiger partial charge in [0.2, 0.25) is 5.91 Å². The van der Waals surface area contributed by atoms with Crippen LogP contribution in [0, 0.1) is 5.41 Å². The largest absolute Gasteiger partial charge is 0.415 e. The van der Waals surface area contributed by atoms with Crippen molar-refractivity contribution in [1.29, 1.82) is 0 Å². The van der Waals surface area contributed by atoms with Crippen molar-refractivity contribution in [2.24, 2.45) is 11.1 Å². The smallest absolute Gasteiger partial charge is 0.351 e. The molecule has 96 valence electrons. The third-order valence-electron chi connectivity index (χ3n) is 2.71. The van der Waals surface area contributed by atoms with Crippen LogP contribution in [-0.2, 0) is 4.79 Å². The maximum Gasteiger partial charge on any atom is 0.415 e. The Morgan fingerprint density at radius 2 is 1.56 bits per heavy atom. The highest BCUT2D eigenvalue weighted by atomic mass is 19.4. The van der Waals surface area contributed by atoms with Crippen molar-refractivity contribution in [3.63, 3.8) is 0 Å². The van der Waals surface area contributed by atoms with Gasteiger partial charge in [-0.2, -0.15) is 13.2 Å². The number of rotatable bonds is 2. The van der Waals surface area contributed by atoms with E-state index in [2.05, 4.69) is 5.32 Å². The Morgan fingerprint density at radius 3 is 1.81 bits per heavy atom. The van der Waals surface area contributed by atoms with Crippen LogP contribution in [0.5, 0.6) is 0 Å². The lowest BCUT2D eigenvalue weighted by Gasteiger charge is -2.33. The zero-order chi connectivity index (χ0) is 13.4. The summed E-state index contributed by atoms with van der Waals surface area (Å²) in [6.07, 6.45) is -4.76. The third kappa shape index (κ3) is 3.37. The van der Waals surface area contributed by atoms with Crippen molar-refractivity contribution in [2.75, 3.05) is 0 Å². The van der Waals surface area contributed by atoms with Crippen LogP contribution in [0.1, 0.15) is 34.6 Å². The molecule has 0 spiro atoms. The van der Waals surface area contributed by atoms with Gasteiger partial charge < -0.3 is 11.1 Å². The second-order valence-electron chi connectivity index (χ2n) is 5.26. The molecular formula is C10H19F3N2O. The molecule has 16 heavy (non-hydrogen) atoms. The molecule has 1 amide bonds. The zero-order valence-corrected chi connectivity index (χ0v) is 10.2. The maximum atomic E-state index is 12.4. The van der Waals surface area contributed by atoms with Crippen molar-refractivity contribution in [1.82, 2.24) is 5.32 Å². The number of hydrogen-bond donors (Lipinski definition) is 2. The number of halogens is 3. The normalized spacial score (nSPS) is 18.8. The molecule has 2 unspecified atom stereocenters. The summed E-state index contributed by atoms with van der Waals surface area (Å²) >= 11 is 0. The Labute approximate surface area is 93.6 Å². The van der Waals surface area contributed by atoms with Gasteiger partial charge in [0.05, 0.1) is 0 Å². The molecule has 0 heterocycles. The van der Waals surface area contributed by atoms with Crippen LogP contribution in [0.15, 0.2) is 0 Å². The Kier molecular flexibility index (Phi) is 4.03. The van der Waals surface area contributed by atoms with Crippen LogP contribution >= 0.6 is 0 Å². The van der Waals surface area contributed by atoms with Crippen molar-refractivity contribution < 1.29 is 18.0 Å². The van der Waals surface area contributed by atoms with Crippen LogP contribution in [0.25, 0.3) is 0 Å². The summed E-state index contributed by atoms with van der Waals surface area (Å²) in [7, 11) is 0. The maximum absolute atomic E-state index is 12.4. The molecule has 0 fully saturated rings. The molecule has 3 nitrogen and oxygen atoms in total. The lowest BCUT2D eigenvalue weighted by molar-refractivity contribution is -0.188. The van der Waals surface area contributed by atoms with E-state index in [9.17, 15) is 18.0 Å². The second kappa shape index (κ2) is 4.24. The Morgan fingerprint density at radius 1 is 1.19 bits per heavy atom. The minimum Gasteiger partial charge on any atom is -0.351 e. The van der Waals surface area contributed by atoms with Gasteiger partial charge in [0.15, 0.2) is 5.54 Å². The first-order chi connectivity index (χ1) is 6.80. The second-order valence-corrected chi connectivity index (χ2v) is 5.26. The van der Waals surface area contributed by atoms with Gasteiger partial charge in [-0.05, 0) is 19.3 Å². The highest BCUT2D eigenvalue weighted by Crippen LogP contribution is 2.29. The predicted molar refractivity (Wildman–Crippen MR) is 55.7 cm³/mol. The van der Waals surface area contributed by atoms with E-state index in [1.54, 1.807) is 6.92 Å². The standard InChI is InChI=1S/C10H19F3N2O/c1-6(8(2,3)4)15-7(16)9(5,14)10(11,12)13/h6H,14H2,1-5H3,(H,15,16). The van der Waals surface area contributed by atoms with Gasteiger partial charge >= 0.3 is 6.18 Å². The van der Waals surface area contributed by atoms with Crippen LogP contribution in [0.4, 0.5) is 13.2 Å². The minimum atomic E-state index is -4.76. The van der Waals surface area contributed by atoms with Gasteiger partial charge in [0, 0.05) is 6.04 Å². The average Bonchev–Trinajstić information content (AvgIpc) is 1.99. The molecule has 3 N–H and O–H groups in total. The molecule has 0 aromatic heterocycles. The summed E-state index contributed by atoms with van der Waals surface area (Å²) in [5, 5.41) is 2.28. The molecule has 0 rings (SSSR count). The lowest BCUT2D eigenvalue weighted by atomic mass is 9.87. The van der Waals surface area contributed by atoms with E-state index in [-0.39, 0.29) is 5.41 Å². The minimum absolute atomic E-state index is 0.322. The highest BCUT2D eigenvalue weighted by molar-refractivity contribution is 5.86. The van der Waals surface area contributed by atoms with E-state index < -0.39 is 23.7 Å². The molecule has 0 saturated heterocycles. The fourth-order valence-corrected chi connectivity index (χ4v) is 0.692. The zero-order valence-electron chi connectivity index (χ0n) is 10.2. The molecule has 0 bridgehead atoms. The number of nitrogens with one attached hydrogen (secondary N) is 1. The van der Waals surface area contributed by atoms with Crippen molar-refractivity contribution >= 4 is 5.91 Å². The van der Waals surface area contributed by atoms with E-state index in [4.69, 9.17) is 5.73 Å². The Hall–Kier alpha value is -0.780. The quantitative estimate of drug-likeness (QED) is 0.773. The summed E-state index contributed by atoms with van der Waals surface area (Å²) in [5.41, 5.74) is 1.82. The van der Waals surface area contributed by atoms with Crippen molar-refractivity contribution in [3.05, 3.63) is 0 Å². The number of carbonyl (C=O) groups is 1. The Balaban J connectivity index is 4.73. The van der Waals surface area contributed by atoms with Crippen LogP contribution < -0.4 is 11.1 Å². The van der Waals surface area contributed by atoms with Gasteiger partial charge in [0.1, 0.15) is 0 Å². The fraction of sp³-hybridized carbons (Fsp3) is 0.900. The lowest BCUT2D eigenvalue weighted by Crippen LogP contribution is -2.63. The number of amides is 1. The van der Waals surface area contributed by atoms with E-state index >= 15 is 0 Å². The van der Waals surface area contributed by atoms with Gasteiger partial charge in [-0.1, -0.05) is 20.8 Å². The topological polar surface area (TPSA) is 55.1 Å². The van der Waals surface area contributed by atoms with Gasteiger partial charge in [-0.25, -0.2) is 0 Å². The van der Waals surface area contributed by atoms with Crippen LogP contribution in [0.2, 0.25) is 0 Å². The van der Waals surface area contributed by atoms with Crippen LogP contribution in [-0.4, -0.2) is 23.7 Å². The van der Waals surface area contributed by atoms with E-state index in [1.165, 1.54) is 0 Å². The summed E-state index contributed by atoms with van der Waals surface area (Å²) in [4.78, 5) is 11.4. The fourth-order valence-electron chi connectivity index (χ4n) is 0.692. The molecule has 6 heteroatoms. The summed E-state index contributed by atoms with van der Waals surface area (Å²) in [6, 6.07) is -0.398. The molecule has 0 aliphatic rings. The molecule has 0 aromatic carbocycles. The van der Waals surface area contributed by atoms with Gasteiger partial charge in [-0.15, -0.1) is 0 Å². The third-order valence-corrected chi connectivity index (χ3v) is 2.71. The first-order valence-electron chi connectivity index (χ1n) is 4.96. The number of carbonyl (C=O) groups excluding carboxylic acids is 1. The van der Waals surface area contributed by atoms with E-state index in [0.717, 1.165) is 0 Å². The molecule has 0 aliphatic heterocycles. The highest BCUT2D eigenvalue weighted by Gasteiger charge is 2.54. The first-order valence-corrected chi connectivity index (χ1v) is 4.96. The molecule has 0 radical (unpaired) electrons. The van der Waals surface area contributed by atoms with Crippen LogP contribution in [0.3, 0.4) is 0 Å². The number of alkyl halides is 3. The van der Waals surface area contributed by atoms with Crippen molar-refractivity contribution in [2.45, 2.75) is 52.4 Å². The van der Waals surface area contributed by atoms with Gasteiger partial charge in [-0.3, -0.25) is 4.79 Å². The first kappa shape index (κ1) is 15.2. The average molecular weight is 240 g/mol. The molecule has 0 saturated carbocycles. The van der Waals surface area contributed by atoms with E-state index in [1.807, 2.05) is 20.8 Å². The molecule has 0 aromatic rings. The summed E-state index contributed by atoms with van der Waals surface area (Å²) in [6.45, 7) is 7.76. The molecule has 2 atom stereocenters. The van der Waals surface area contributed by atoms with Crippen molar-refractivity contribution in [3.8, 4) is 0 Å². The van der Waals surface area contributed by atoms with E-state index in [0.29, 0.717) is 6.92 Å². The summed E-state index contributed by atoms with van der Waals surface area (Å²) in [5.74, 6) is -1.21.